The van der Waals surface area contributed by atoms with Crippen LogP contribution < -0.4 is 5.32 Å². The normalized spacial score (nSPS) is 18.7. The fraction of sp³-hybridized carbons (Fsp3) is 0.294. The van der Waals surface area contributed by atoms with Crippen LogP contribution in [0.5, 0.6) is 0 Å². The van der Waals surface area contributed by atoms with Gasteiger partial charge in [-0.3, -0.25) is 0 Å². The summed E-state index contributed by atoms with van der Waals surface area (Å²) < 4.78 is 27.5. The van der Waals surface area contributed by atoms with E-state index in [-0.39, 0.29) is 6.04 Å². The number of hydrogen-bond acceptors (Lipinski definition) is 3. The molecule has 0 bridgehead atoms. The molecule has 4 nitrogen and oxygen atoms in total. The van der Waals surface area contributed by atoms with Gasteiger partial charge in [-0.2, -0.15) is 4.31 Å². The lowest BCUT2D eigenvalue weighted by atomic mass is 10.1. The van der Waals surface area contributed by atoms with Crippen molar-refractivity contribution >= 4 is 10.0 Å². The summed E-state index contributed by atoms with van der Waals surface area (Å²) in [5.41, 5.74) is 1.67. The smallest absolute Gasteiger partial charge is 0.243 e. The van der Waals surface area contributed by atoms with Gasteiger partial charge < -0.3 is 5.32 Å². The molecule has 1 unspecified atom stereocenters. The summed E-state index contributed by atoms with van der Waals surface area (Å²) in [6.07, 6.45) is 0.850. The molecule has 1 atom stereocenters. The number of sulfonamides is 1. The minimum absolute atomic E-state index is 0.0221. The molecular weight excluding hydrogens is 296 g/mol. The summed E-state index contributed by atoms with van der Waals surface area (Å²) in [5, 5.41) is 3.22. The number of nitrogens with one attached hydrogen (secondary N) is 1. The van der Waals surface area contributed by atoms with Crippen LogP contribution in [0.2, 0.25) is 0 Å². The Balaban J connectivity index is 2.04. The minimum Gasteiger partial charge on any atom is -0.315 e. The summed E-state index contributed by atoms with van der Waals surface area (Å²) in [7, 11) is -1.83. The topological polar surface area (TPSA) is 49.4 Å². The standard InChI is InChI=1S/C17H20N2O2S/c1-19(15-11-12-18-13-15)22(20,21)17-10-6-5-9-16(17)14-7-3-2-4-8-14/h2-10,15,18H,11-13H2,1H3. The van der Waals surface area contributed by atoms with Crippen molar-refractivity contribution in [3.63, 3.8) is 0 Å². The van der Waals surface area contributed by atoms with Crippen LogP contribution in [-0.4, -0.2) is 38.9 Å². The molecule has 1 saturated heterocycles. The predicted molar refractivity (Wildman–Crippen MR) is 88.1 cm³/mol. The van der Waals surface area contributed by atoms with Gasteiger partial charge in [-0.05, 0) is 24.6 Å². The van der Waals surface area contributed by atoms with Crippen LogP contribution in [0.1, 0.15) is 6.42 Å². The van der Waals surface area contributed by atoms with E-state index >= 15 is 0 Å². The molecule has 0 saturated carbocycles. The Morgan fingerprint density at radius 3 is 2.41 bits per heavy atom. The molecule has 1 fully saturated rings. The van der Waals surface area contributed by atoms with E-state index in [4.69, 9.17) is 0 Å². The van der Waals surface area contributed by atoms with Gasteiger partial charge in [0.1, 0.15) is 0 Å². The summed E-state index contributed by atoms with van der Waals surface area (Å²) >= 11 is 0. The summed E-state index contributed by atoms with van der Waals surface area (Å²) in [6.45, 7) is 1.58. The van der Waals surface area contributed by atoms with Gasteiger partial charge in [0.15, 0.2) is 0 Å². The van der Waals surface area contributed by atoms with Gasteiger partial charge in [0.05, 0.1) is 4.90 Å². The second kappa shape index (κ2) is 6.20. The zero-order valence-electron chi connectivity index (χ0n) is 12.6. The summed E-state index contributed by atoms with van der Waals surface area (Å²) in [5.74, 6) is 0. The van der Waals surface area contributed by atoms with E-state index in [2.05, 4.69) is 5.32 Å². The van der Waals surface area contributed by atoms with Gasteiger partial charge in [0.25, 0.3) is 0 Å². The van der Waals surface area contributed by atoms with E-state index in [0.717, 1.165) is 24.1 Å². The molecule has 2 aromatic carbocycles. The summed E-state index contributed by atoms with van der Waals surface area (Å²) in [6, 6.07) is 16.9. The van der Waals surface area contributed by atoms with Gasteiger partial charge in [-0.1, -0.05) is 48.5 Å². The van der Waals surface area contributed by atoms with Crippen molar-refractivity contribution in [1.82, 2.24) is 9.62 Å². The first-order valence-corrected chi connectivity index (χ1v) is 8.88. The molecule has 22 heavy (non-hydrogen) atoms. The largest absolute Gasteiger partial charge is 0.315 e. The third-order valence-electron chi connectivity index (χ3n) is 4.18. The van der Waals surface area contributed by atoms with Crippen LogP contribution in [0, 0.1) is 0 Å². The molecule has 0 amide bonds. The van der Waals surface area contributed by atoms with Crippen molar-refractivity contribution in [2.75, 3.05) is 20.1 Å². The second-order valence-corrected chi connectivity index (χ2v) is 7.50. The molecular formula is C17H20N2O2S. The van der Waals surface area contributed by atoms with E-state index in [1.165, 1.54) is 4.31 Å². The predicted octanol–water partition coefficient (Wildman–Crippen LogP) is 2.34. The molecule has 0 aromatic heterocycles. The zero-order valence-corrected chi connectivity index (χ0v) is 13.4. The lowest BCUT2D eigenvalue weighted by Gasteiger charge is -2.24. The molecule has 1 N–H and O–H groups in total. The Morgan fingerprint density at radius 2 is 1.73 bits per heavy atom. The molecule has 1 aliphatic rings. The third kappa shape index (κ3) is 2.79. The second-order valence-electron chi connectivity index (χ2n) is 5.53. The van der Waals surface area contributed by atoms with Crippen molar-refractivity contribution in [2.45, 2.75) is 17.4 Å². The van der Waals surface area contributed by atoms with Crippen LogP contribution in [0.3, 0.4) is 0 Å². The Hall–Kier alpha value is -1.69. The first kappa shape index (κ1) is 15.2. The number of nitrogens with zero attached hydrogens (tertiary/aromatic N) is 1. The zero-order chi connectivity index (χ0) is 15.6. The van der Waals surface area contributed by atoms with E-state index in [1.807, 2.05) is 42.5 Å². The average Bonchev–Trinajstić information content (AvgIpc) is 3.09. The maximum Gasteiger partial charge on any atom is 0.243 e. The molecule has 0 radical (unpaired) electrons. The highest BCUT2D eigenvalue weighted by Crippen LogP contribution is 2.30. The average molecular weight is 316 g/mol. The van der Waals surface area contributed by atoms with Crippen molar-refractivity contribution in [1.29, 1.82) is 0 Å². The molecule has 2 aromatic rings. The van der Waals surface area contributed by atoms with Gasteiger partial charge in [0, 0.05) is 25.2 Å². The van der Waals surface area contributed by atoms with Gasteiger partial charge in [-0.25, -0.2) is 8.42 Å². The molecule has 1 heterocycles. The maximum atomic E-state index is 13.0. The Kier molecular flexibility index (Phi) is 4.29. The Morgan fingerprint density at radius 1 is 1.05 bits per heavy atom. The van der Waals surface area contributed by atoms with Crippen LogP contribution >= 0.6 is 0 Å². The van der Waals surface area contributed by atoms with Crippen molar-refractivity contribution in [3.8, 4) is 11.1 Å². The molecule has 1 aliphatic heterocycles. The fourth-order valence-electron chi connectivity index (χ4n) is 2.85. The Labute approximate surface area is 131 Å². The maximum absolute atomic E-state index is 13.0. The number of benzene rings is 2. The van der Waals surface area contributed by atoms with Crippen molar-refractivity contribution < 1.29 is 8.42 Å². The molecule has 0 spiro atoms. The van der Waals surface area contributed by atoms with E-state index in [9.17, 15) is 8.42 Å². The number of rotatable bonds is 4. The van der Waals surface area contributed by atoms with E-state index < -0.39 is 10.0 Å². The fourth-order valence-corrected chi connectivity index (χ4v) is 4.45. The van der Waals surface area contributed by atoms with Crippen molar-refractivity contribution in [3.05, 3.63) is 54.6 Å². The first-order valence-electron chi connectivity index (χ1n) is 7.44. The van der Waals surface area contributed by atoms with Gasteiger partial charge in [0.2, 0.25) is 10.0 Å². The highest BCUT2D eigenvalue weighted by Gasteiger charge is 2.31. The van der Waals surface area contributed by atoms with Crippen LogP contribution in [0.15, 0.2) is 59.5 Å². The molecule has 116 valence electrons. The van der Waals surface area contributed by atoms with Crippen LogP contribution in [-0.2, 0) is 10.0 Å². The molecule has 5 heteroatoms. The highest BCUT2D eigenvalue weighted by atomic mass is 32.2. The summed E-state index contributed by atoms with van der Waals surface area (Å²) in [4.78, 5) is 0.371. The van der Waals surface area contributed by atoms with Gasteiger partial charge in [-0.15, -0.1) is 0 Å². The van der Waals surface area contributed by atoms with Crippen molar-refractivity contribution in [2.24, 2.45) is 0 Å². The monoisotopic (exact) mass is 316 g/mol. The van der Waals surface area contributed by atoms with Crippen LogP contribution in [0.25, 0.3) is 11.1 Å². The quantitative estimate of drug-likeness (QED) is 0.942. The molecule has 3 rings (SSSR count). The highest BCUT2D eigenvalue weighted by molar-refractivity contribution is 7.89. The first-order chi connectivity index (χ1) is 10.6. The molecule has 0 aliphatic carbocycles. The lowest BCUT2D eigenvalue weighted by Crippen LogP contribution is -2.38. The minimum atomic E-state index is -3.51. The lowest BCUT2D eigenvalue weighted by molar-refractivity contribution is 0.388. The van der Waals surface area contributed by atoms with Gasteiger partial charge >= 0.3 is 0 Å². The third-order valence-corrected chi connectivity index (χ3v) is 6.15. The van der Waals surface area contributed by atoms with Crippen LogP contribution in [0.4, 0.5) is 0 Å². The Bertz CT molecular complexity index is 738. The number of likely N-dealkylation sites (N-methyl/N-ethyl adjacent to an activating group) is 1. The number of hydrogen-bond donors (Lipinski definition) is 1. The van der Waals surface area contributed by atoms with E-state index in [1.54, 1.807) is 19.2 Å². The SMILES string of the molecule is CN(C1CCNC1)S(=O)(=O)c1ccccc1-c1ccccc1. The van der Waals surface area contributed by atoms with E-state index in [0.29, 0.717) is 11.4 Å².